The van der Waals surface area contributed by atoms with Crippen LogP contribution in [0.1, 0.15) is 35.7 Å². The van der Waals surface area contributed by atoms with Gasteiger partial charge in [-0.1, -0.05) is 47.5 Å². The summed E-state index contributed by atoms with van der Waals surface area (Å²) < 4.78 is 45.5. The number of ether oxygens (including phenoxy) is 3. The SMILES string of the molecule is CCOc1cc(OC)c(S(=O)(=O)N(C)C)cc1C1=N[C@@H](c2ccc(Cl)cc2)[C@@H](c2ccc(Cl)cc2)N1C(=O)N1CCN(CC(=O)N2CCOCC2)CC1.Cl. The van der Waals surface area contributed by atoms with E-state index in [9.17, 15) is 13.2 Å². The Labute approximate surface area is 332 Å². The lowest BCUT2D eigenvalue weighted by molar-refractivity contribution is -0.136. The maximum absolute atomic E-state index is 15.0. The fourth-order valence-corrected chi connectivity index (χ4v) is 8.07. The van der Waals surface area contributed by atoms with Crippen LogP contribution in [0.2, 0.25) is 10.0 Å². The normalized spacial score (nSPS) is 19.4. The third-order valence-electron chi connectivity index (χ3n) is 9.63. The minimum atomic E-state index is -4.02. The molecule has 0 saturated carbocycles. The Bertz CT molecular complexity index is 1940. The van der Waals surface area contributed by atoms with Crippen molar-refractivity contribution in [2.75, 3.05) is 86.8 Å². The molecule has 3 heterocycles. The number of piperazine rings is 1. The second-order valence-corrected chi connectivity index (χ2v) is 16.1. The predicted molar refractivity (Wildman–Crippen MR) is 210 cm³/mol. The van der Waals surface area contributed by atoms with Gasteiger partial charge in [0, 0.05) is 69.5 Å². The van der Waals surface area contributed by atoms with Crippen LogP contribution in [0.15, 0.2) is 70.6 Å². The van der Waals surface area contributed by atoms with Crippen LogP contribution in [-0.2, 0) is 19.6 Å². The number of carbonyl (C=O) groups is 2. The van der Waals surface area contributed by atoms with E-state index in [1.807, 2.05) is 36.1 Å². The molecule has 0 radical (unpaired) electrons. The van der Waals surface area contributed by atoms with Crippen molar-refractivity contribution in [1.29, 1.82) is 0 Å². The molecule has 0 unspecified atom stereocenters. The van der Waals surface area contributed by atoms with Gasteiger partial charge in [-0.3, -0.25) is 19.6 Å². The van der Waals surface area contributed by atoms with Gasteiger partial charge in [0.25, 0.3) is 0 Å². The summed E-state index contributed by atoms with van der Waals surface area (Å²) >= 11 is 12.7. The number of morpholine rings is 1. The fourth-order valence-electron chi connectivity index (χ4n) is 6.76. The second-order valence-electron chi connectivity index (χ2n) is 13.1. The largest absolute Gasteiger partial charge is 0.495 e. The lowest BCUT2D eigenvalue weighted by atomic mass is 9.93. The highest BCUT2D eigenvalue weighted by Crippen LogP contribution is 2.46. The molecule has 3 aliphatic rings. The van der Waals surface area contributed by atoms with E-state index in [0.717, 1.165) is 15.4 Å². The fraction of sp³-hybridized carbons (Fsp3) is 0.432. The van der Waals surface area contributed by atoms with Crippen molar-refractivity contribution in [1.82, 2.24) is 23.9 Å². The molecule has 292 valence electrons. The van der Waals surface area contributed by atoms with Crippen molar-refractivity contribution in [3.8, 4) is 11.5 Å². The average Bonchev–Trinajstić information content (AvgIpc) is 3.56. The van der Waals surface area contributed by atoms with Gasteiger partial charge in [-0.25, -0.2) is 17.5 Å². The minimum absolute atomic E-state index is 0. The molecule has 3 aromatic carbocycles. The zero-order valence-corrected chi connectivity index (χ0v) is 33.8. The molecular formula is C37H45Cl3N6O7S. The standard InChI is InChI=1S/C37H44Cl2N6O7S.ClH/c1-5-52-30-23-31(50-4)32(53(48,49)41(2)3)22-29(30)36-40-34(25-6-10-27(38)11-7-25)35(26-8-12-28(39)13-9-26)45(36)37(47)44-16-14-42(15-17-44)24-33(46)43-18-20-51-21-19-43;/h6-13,22-23,34-35H,5,14-21,24H2,1-4H3;1H/t34-,35+;/m0./s1. The van der Waals surface area contributed by atoms with Crippen molar-refractivity contribution < 1.29 is 32.2 Å². The monoisotopic (exact) mass is 822 g/mol. The highest BCUT2D eigenvalue weighted by molar-refractivity contribution is 7.89. The molecule has 2 atom stereocenters. The number of halogens is 3. The molecule has 0 N–H and O–H groups in total. The van der Waals surface area contributed by atoms with E-state index in [1.165, 1.54) is 33.3 Å². The number of amides is 3. The molecule has 0 aromatic heterocycles. The summed E-state index contributed by atoms with van der Waals surface area (Å²) in [5.74, 6) is 0.675. The van der Waals surface area contributed by atoms with E-state index < -0.39 is 22.1 Å². The first-order valence-corrected chi connectivity index (χ1v) is 19.6. The molecular weight excluding hydrogens is 779 g/mol. The van der Waals surface area contributed by atoms with E-state index in [0.29, 0.717) is 73.8 Å². The number of rotatable bonds is 10. The topological polar surface area (TPSA) is 125 Å². The van der Waals surface area contributed by atoms with E-state index in [2.05, 4.69) is 4.90 Å². The van der Waals surface area contributed by atoms with Crippen molar-refractivity contribution in [3.05, 3.63) is 87.4 Å². The first-order valence-electron chi connectivity index (χ1n) is 17.4. The third kappa shape index (κ3) is 8.75. The maximum Gasteiger partial charge on any atom is 0.326 e. The van der Waals surface area contributed by atoms with Crippen LogP contribution in [0.25, 0.3) is 0 Å². The number of methoxy groups -OCH3 is 1. The number of hydrogen-bond donors (Lipinski definition) is 0. The third-order valence-corrected chi connectivity index (χ3v) is 12.0. The number of amidine groups is 1. The average molecular weight is 824 g/mol. The molecule has 54 heavy (non-hydrogen) atoms. The highest BCUT2D eigenvalue weighted by atomic mass is 35.5. The van der Waals surface area contributed by atoms with Gasteiger partial charge < -0.3 is 24.0 Å². The Kier molecular flexibility index (Phi) is 13.8. The van der Waals surface area contributed by atoms with Crippen LogP contribution in [-0.4, -0.2) is 137 Å². The van der Waals surface area contributed by atoms with Crippen LogP contribution in [0.3, 0.4) is 0 Å². The van der Waals surface area contributed by atoms with Gasteiger partial charge in [-0.05, 0) is 48.4 Å². The lowest BCUT2D eigenvalue weighted by Crippen LogP contribution is -2.56. The molecule has 0 aliphatic carbocycles. The Hall–Kier alpha value is -3.63. The van der Waals surface area contributed by atoms with Gasteiger partial charge >= 0.3 is 6.03 Å². The quantitative estimate of drug-likeness (QED) is 0.273. The number of carbonyl (C=O) groups excluding carboxylic acids is 2. The molecule has 17 heteroatoms. The van der Waals surface area contributed by atoms with Gasteiger partial charge in [-0.15, -0.1) is 12.4 Å². The van der Waals surface area contributed by atoms with E-state index in [4.69, 9.17) is 42.4 Å². The summed E-state index contributed by atoms with van der Waals surface area (Å²) in [5.41, 5.74) is 1.87. The maximum atomic E-state index is 15.0. The number of sulfonamides is 1. The summed E-state index contributed by atoms with van der Waals surface area (Å²) in [7, 11) is 0.256. The van der Waals surface area contributed by atoms with Crippen molar-refractivity contribution in [2.24, 2.45) is 4.99 Å². The number of urea groups is 1. The second kappa shape index (κ2) is 17.9. The summed E-state index contributed by atoms with van der Waals surface area (Å²) in [6.07, 6.45) is 0. The lowest BCUT2D eigenvalue weighted by Gasteiger charge is -2.39. The van der Waals surface area contributed by atoms with E-state index in [-0.39, 0.29) is 54.0 Å². The number of nitrogens with zero attached hydrogens (tertiary/aromatic N) is 6. The van der Waals surface area contributed by atoms with Crippen LogP contribution in [0.5, 0.6) is 11.5 Å². The van der Waals surface area contributed by atoms with Crippen LogP contribution < -0.4 is 9.47 Å². The van der Waals surface area contributed by atoms with Crippen molar-refractivity contribution in [2.45, 2.75) is 23.9 Å². The molecule has 6 rings (SSSR count). The van der Waals surface area contributed by atoms with Crippen LogP contribution >= 0.6 is 35.6 Å². The predicted octanol–water partition coefficient (Wildman–Crippen LogP) is 5.21. The Balaban J connectivity index is 0.00000561. The van der Waals surface area contributed by atoms with Gasteiger partial charge in [0.05, 0.1) is 45.1 Å². The van der Waals surface area contributed by atoms with E-state index >= 15 is 4.79 Å². The van der Waals surface area contributed by atoms with E-state index in [1.54, 1.807) is 34.1 Å². The molecule has 0 bridgehead atoms. The smallest absolute Gasteiger partial charge is 0.326 e. The van der Waals surface area contributed by atoms with Gasteiger partial charge in [0.1, 0.15) is 28.3 Å². The number of aliphatic imine (C=N–C) groups is 1. The number of hydrogen-bond acceptors (Lipinski definition) is 9. The van der Waals surface area contributed by atoms with Gasteiger partial charge in [-0.2, -0.15) is 0 Å². The summed E-state index contributed by atoms with van der Waals surface area (Å²) in [5, 5.41) is 1.08. The summed E-state index contributed by atoms with van der Waals surface area (Å²) in [6.45, 7) is 6.24. The molecule has 0 spiro atoms. The van der Waals surface area contributed by atoms with Crippen molar-refractivity contribution in [3.63, 3.8) is 0 Å². The first kappa shape index (κ1) is 41.5. The highest BCUT2D eigenvalue weighted by Gasteiger charge is 2.45. The Morgan fingerprint density at radius 2 is 1.46 bits per heavy atom. The molecule has 13 nitrogen and oxygen atoms in total. The van der Waals surface area contributed by atoms with Gasteiger partial charge in [0.15, 0.2) is 0 Å². The molecule has 2 saturated heterocycles. The molecule has 3 aliphatic heterocycles. The molecule has 3 amide bonds. The Morgan fingerprint density at radius 3 is 2.02 bits per heavy atom. The molecule has 3 aromatic rings. The van der Waals surface area contributed by atoms with Gasteiger partial charge in [0.2, 0.25) is 15.9 Å². The zero-order chi connectivity index (χ0) is 37.9. The summed E-state index contributed by atoms with van der Waals surface area (Å²) in [6, 6.07) is 15.9. The molecule has 2 fully saturated rings. The number of benzene rings is 3. The van der Waals surface area contributed by atoms with Crippen LogP contribution in [0, 0.1) is 0 Å². The summed E-state index contributed by atoms with van der Waals surface area (Å²) in [4.78, 5) is 40.4. The van der Waals surface area contributed by atoms with Crippen LogP contribution in [0.4, 0.5) is 4.79 Å². The zero-order valence-electron chi connectivity index (χ0n) is 30.6. The minimum Gasteiger partial charge on any atom is -0.495 e. The first-order chi connectivity index (χ1) is 25.4. The van der Waals surface area contributed by atoms with Crippen molar-refractivity contribution >= 4 is 63.4 Å². The Morgan fingerprint density at radius 1 is 0.870 bits per heavy atom.